The number of fused-ring (bicyclic) bond motifs is 1. The van der Waals surface area contributed by atoms with Crippen molar-refractivity contribution < 1.29 is 0 Å². The first-order valence-electron chi connectivity index (χ1n) is 7.66. The van der Waals surface area contributed by atoms with Crippen LogP contribution < -0.4 is 10.6 Å². The monoisotopic (exact) mass is 410 g/mol. The first kappa shape index (κ1) is 17.0. The molecule has 1 aromatic carbocycles. The fraction of sp³-hybridized carbons (Fsp3) is 0.412. The lowest BCUT2D eigenvalue weighted by molar-refractivity contribution is 0.613. The second-order valence-corrected chi connectivity index (χ2v) is 5.54. The Morgan fingerprint density at radius 2 is 2.00 bits per heavy atom. The van der Waals surface area contributed by atoms with Gasteiger partial charge in [-0.25, -0.2) is 0 Å². The van der Waals surface area contributed by atoms with Crippen molar-refractivity contribution in [3.8, 4) is 0 Å². The van der Waals surface area contributed by atoms with E-state index < -0.39 is 0 Å². The summed E-state index contributed by atoms with van der Waals surface area (Å²) in [6.45, 7) is 0.737. The molecule has 2 aromatic rings. The van der Waals surface area contributed by atoms with Gasteiger partial charge in [0.2, 0.25) is 0 Å². The normalized spacial score (nSPS) is 15.6. The summed E-state index contributed by atoms with van der Waals surface area (Å²) in [7, 11) is 1.83. The van der Waals surface area contributed by atoms with Gasteiger partial charge in [0, 0.05) is 31.2 Å². The molecular formula is C17H23IN4. The molecule has 1 aromatic heterocycles. The molecule has 1 saturated carbocycles. The molecule has 1 heterocycles. The lowest BCUT2D eigenvalue weighted by Gasteiger charge is -2.17. The number of nitrogens with zero attached hydrogens (tertiary/aromatic N) is 2. The molecule has 22 heavy (non-hydrogen) atoms. The van der Waals surface area contributed by atoms with Crippen LogP contribution in [0.3, 0.4) is 0 Å². The summed E-state index contributed by atoms with van der Waals surface area (Å²) in [6, 6.07) is 10.9. The lowest BCUT2D eigenvalue weighted by Crippen LogP contribution is -2.41. The molecule has 1 fully saturated rings. The van der Waals surface area contributed by atoms with Crippen LogP contribution in [0, 0.1) is 0 Å². The van der Waals surface area contributed by atoms with Gasteiger partial charge in [0.25, 0.3) is 0 Å². The Hall–Kier alpha value is -1.37. The molecule has 0 atom stereocenters. The quantitative estimate of drug-likeness (QED) is 0.463. The zero-order valence-corrected chi connectivity index (χ0v) is 15.2. The van der Waals surface area contributed by atoms with Gasteiger partial charge in [0.1, 0.15) is 0 Å². The topological polar surface area (TPSA) is 49.3 Å². The molecule has 118 valence electrons. The van der Waals surface area contributed by atoms with Crippen LogP contribution >= 0.6 is 24.0 Å². The number of aliphatic imine (C=N–C) groups is 1. The minimum Gasteiger partial charge on any atom is -0.354 e. The summed E-state index contributed by atoms with van der Waals surface area (Å²) in [5, 5.41) is 8.08. The fourth-order valence-corrected chi connectivity index (χ4v) is 2.95. The molecule has 0 amide bonds. The smallest absolute Gasteiger partial charge is 0.191 e. The van der Waals surface area contributed by atoms with Crippen LogP contribution in [0.5, 0.6) is 0 Å². The highest BCUT2D eigenvalue weighted by molar-refractivity contribution is 14.0. The number of para-hydroxylation sites is 1. The van der Waals surface area contributed by atoms with E-state index in [1.54, 1.807) is 0 Å². The van der Waals surface area contributed by atoms with Crippen LogP contribution in [0.25, 0.3) is 10.9 Å². The van der Waals surface area contributed by atoms with Crippen molar-refractivity contribution in [1.82, 2.24) is 15.6 Å². The number of rotatable bonds is 3. The number of halogens is 1. The Morgan fingerprint density at radius 3 is 2.77 bits per heavy atom. The van der Waals surface area contributed by atoms with Gasteiger partial charge in [-0.15, -0.1) is 24.0 Å². The summed E-state index contributed by atoms with van der Waals surface area (Å²) in [5.41, 5.74) is 2.26. The first-order valence-corrected chi connectivity index (χ1v) is 7.66. The van der Waals surface area contributed by atoms with Gasteiger partial charge in [0.05, 0.1) is 5.52 Å². The summed E-state index contributed by atoms with van der Waals surface area (Å²) >= 11 is 0. The Kier molecular flexibility index (Phi) is 6.42. The van der Waals surface area contributed by atoms with Gasteiger partial charge < -0.3 is 10.6 Å². The van der Waals surface area contributed by atoms with Gasteiger partial charge in [-0.05, 0) is 24.5 Å². The minimum atomic E-state index is 0. The molecule has 3 rings (SSSR count). The Balaban J connectivity index is 0.00000176. The molecule has 4 nitrogen and oxygen atoms in total. The standard InChI is InChI=1S/C17H22N4.HI/c1-18-17(21-15-9-2-3-10-15)20-12-14-7-4-6-13-8-5-11-19-16(13)14;/h4-8,11,15H,2-3,9-10,12H2,1H3,(H2,18,20,21);1H. The maximum Gasteiger partial charge on any atom is 0.191 e. The van der Waals surface area contributed by atoms with E-state index in [1.807, 2.05) is 19.3 Å². The Labute approximate surface area is 148 Å². The maximum absolute atomic E-state index is 4.49. The van der Waals surface area contributed by atoms with E-state index in [9.17, 15) is 0 Å². The summed E-state index contributed by atoms with van der Waals surface area (Å²) in [5.74, 6) is 0.884. The SMILES string of the molecule is CN=C(NCc1cccc2cccnc12)NC1CCCC1.I. The van der Waals surface area contributed by atoms with E-state index in [4.69, 9.17) is 0 Å². The summed E-state index contributed by atoms with van der Waals surface area (Å²) in [4.78, 5) is 8.81. The lowest BCUT2D eigenvalue weighted by atomic mass is 10.1. The zero-order chi connectivity index (χ0) is 14.5. The number of aromatic nitrogens is 1. The van der Waals surface area contributed by atoms with Crippen LogP contribution in [0.15, 0.2) is 41.5 Å². The van der Waals surface area contributed by atoms with Crippen molar-refractivity contribution in [1.29, 1.82) is 0 Å². The molecule has 0 radical (unpaired) electrons. The van der Waals surface area contributed by atoms with E-state index >= 15 is 0 Å². The molecule has 1 aliphatic rings. The van der Waals surface area contributed by atoms with Crippen molar-refractivity contribution >= 4 is 40.8 Å². The largest absolute Gasteiger partial charge is 0.354 e. The molecule has 0 spiro atoms. The molecule has 0 bridgehead atoms. The van der Waals surface area contributed by atoms with Crippen molar-refractivity contribution in [3.05, 3.63) is 42.1 Å². The zero-order valence-electron chi connectivity index (χ0n) is 12.9. The van der Waals surface area contributed by atoms with Crippen molar-refractivity contribution in [3.63, 3.8) is 0 Å². The highest BCUT2D eigenvalue weighted by Crippen LogP contribution is 2.18. The first-order chi connectivity index (χ1) is 10.4. The molecule has 0 saturated heterocycles. The third-order valence-corrected chi connectivity index (χ3v) is 4.08. The third-order valence-electron chi connectivity index (χ3n) is 4.08. The van der Waals surface area contributed by atoms with E-state index in [-0.39, 0.29) is 24.0 Å². The van der Waals surface area contributed by atoms with Gasteiger partial charge in [-0.1, -0.05) is 37.1 Å². The predicted octanol–water partition coefficient (Wildman–Crippen LogP) is 3.46. The second-order valence-electron chi connectivity index (χ2n) is 5.54. The maximum atomic E-state index is 4.49. The average molecular weight is 410 g/mol. The van der Waals surface area contributed by atoms with E-state index in [1.165, 1.54) is 36.6 Å². The Morgan fingerprint density at radius 1 is 1.23 bits per heavy atom. The van der Waals surface area contributed by atoms with Crippen LogP contribution in [-0.2, 0) is 6.54 Å². The summed E-state index contributed by atoms with van der Waals surface area (Å²) in [6.07, 6.45) is 6.98. The molecular weight excluding hydrogens is 387 g/mol. The van der Waals surface area contributed by atoms with Crippen LogP contribution in [0.4, 0.5) is 0 Å². The summed E-state index contributed by atoms with van der Waals surface area (Å²) < 4.78 is 0. The Bertz CT molecular complexity index is 630. The van der Waals surface area contributed by atoms with Gasteiger partial charge >= 0.3 is 0 Å². The molecule has 1 aliphatic carbocycles. The van der Waals surface area contributed by atoms with Gasteiger partial charge in [0.15, 0.2) is 5.96 Å². The average Bonchev–Trinajstić information content (AvgIpc) is 3.04. The predicted molar refractivity (Wildman–Crippen MR) is 103 cm³/mol. The second kappa shape index (κ2) is 8.31. The third kappa shape index (κ3) is 4.09. The van der Waals surface area contributed by atoms with Gasteiger partial charge in [-0.3, -0.25) is 9.98 Å². The molecule has 0 aliphatic heterocycles. The van der Waals surface area contributed by atoms with E-state index in [2.05, 4.69) is 44.9 Å². The van der Waals surface area contributed by atoms with Crippen molar-refractivity contribution in [2.75, 3.05) is 7.05 Å². The fourth-order valence-electron chi connectivity index (χ4n) is 2.95. The highest BCUT2D eigenvalue weighted by Gasteiger charge is 2.15. The van der Waals surface area contributed by atoms with E-state index in [0.717, 1.165) is 18.0 Å². The van der Waals surface area contributed by atoms with Gasteiger partial charge in [-0.2, -0.15) is 0 Å². The van der Waals surface area contributed by atoms with Crippen LogP contribution in [0.1, 0.15) is 31.2 Å². The molecule has 2 N–H and O–H groups in total. The number of benzene rings is 1. The minimum absolute atomic E-state index is 0. The van der Waals surface area contributed by atoms with Crippen LogP contribution in [0.2, 0.25) is 0 Å². The van der Waals surface area contributed by atoms with Crippen molar-refractivity contribution in [2.45, 2.75) is 38.3 Å². The number of hydrogen-bond acceptors (Lipinski definition) is 2. The molecule has 5 heteroatoms. The molecule has 0 unspecified atom stereocenters. The highest BCUT2D eigenvalue weighted by atomic mass is 127. The number of hydrogen-bond donors (Lipinski definition) is 2. The number of nitrogens with one attached hydrogen (secondary N) is 2. The van der Waals surface area contributed by atoms with E-state index in [0.29, 0.717) is 6.04 Å². The number of pyridine rings is 1. The van der Waals surface area contributed by atoms with Crippen LogP contribution in [-0.4, -0.2) is 24.0 Å². The number of guanidine groups is 1. The van der Waals surface area contributed by atoms with Crippen molar-refractivity contribution in [2.24, 2.45) is 4.99 Å².